The van der Waals surface area contributed by atoms with Crippen LogP contribution in [-0.2, 0) is 0 Å². The highest BCUT2D eigenvalue weighted by atomic mass is 32.2. The molecule has 0 aliphatic heterocycles. The summed E-state index contributed by atoms with van der Waals surface area (Å²) in [5, 5.41) is 0. The molecule has 0 aromatic heterocycles. The van der Waals surface area contributed by atoms with Crippen LogP contribution in [0.1, 0.15) is 0 Å². The molecule has 0 N–H and O–H groups in total. The summed E-state index contributed by atoms with van der Waals surface area (Å²) < 4.78 is 0. The van der Waals surface area contributed by atoms with Crippen LogP contribution in [0.15, 0.2) is 0 Å². The van der Waals surface area contributed by atoms with Crippen molar-refractivity contribution >= 4 is 35.3 Å². The van der Waals surface area contributed by atoms with Crippen LogP contribution < -0.4 is 0 Å². The minimum absolute atomic E-state index is 0.840. The van der Waals surface area contributed by atoms with Crippen molar-refractivity contribution < 1.29 is 0 Å². The summed E-state index contributed by atoms with van der Waals surface area (Å²) in [5.41, 5.74) is 0. The lowest BCUT2D eigenvalue weighted by atomic mass is 10.8. The van der Waals surface area contributed by atoms with Crippen molar-refractivity contribution in [1.29, 1.82) is 0 Å². The fourth-order valence-corrected chi connectivity index (χ4v) is 3.21. The molecule has 0 fully saturated rings. The standard InChI is InChI=1S/C10H14S3/c1-3-5-11-7-9-13-10-8-12-6-4-2/h1-2H,5-10H2. The van der Waals surface area contributed by atoms with E-state index in [0.29, 0.717) is 0 Å². The van der Waals surface area contributed by atoms with Gasteiger partial charge in [0.15, 0.2) is 0 Å². The van der Waals surface area contributed by atoms with Gasteiger partial charge < -0.3 is 0 Å². The predicted octanol–water partition coefficient (Wildman–Crippen LogP) is 2.45. The zero-order chi connectivity index (χ0) is 9.78. The van der Waals surface area contributed by atoms with E-state index in [0.717, 1.165) is 23.0 Å². The Morgan fingerprint density at radius 2 is 1.08 bits per heavy atom. The highest BCUT2D eigenvalue weighted by Gasteiger charge is 1.90. The highest BCUT2D eigenvalue weighted by Crippen LogP contribution is 2.09. The fraction of sp³-hybridized carbons (Fsp3) is 0.600. The molecule has 0 aliphatic rings. The van der Waals surface area contributed by atoms with E-state index < -0.39 is 0 Å². The molecule has 13 heavy (non-hydrogen) atoms. The molecular weight excluding hydrogens is 216 g/mol. The van der Waals surface area contributed by atoms with Gasteiger partial charge in [0.1, 0.15) is 0 Å². The predicted molar refractivity (Wildman–Crippen MR) is 69.6 cm³/mol. The first-order chi connectivity index (χ1) is 6.41. The fourth-order valence-electron chi connectivity index (χ4n) is 0.600. The Morgan fingerprint density at radius 1 is 0.692 bits per heavy atom. The molecule has 0 spiro atoms. The van der Waals surface area contributed by atoms with Crippen molar-refractivity contribution in [3.05, 3.63) is 0 Å². The number of hydrogen-bond donors (Lipinski definition) is 0. The second-order valence-electron chi connectivity index (χ2n) is 2.13. The minimum Gasteiger partial charge on any atom is -0.160 e. The zero-order valence-corrected chi connectivity index (χ0v) is 10.1. The second-order valence-corrected chi connectivity index (χ2v) is 5.56. The molecule has 0 aliphatic carbocycles. The van der Waals surface area contributed by atoms with Gasteiger partial charge in [0, 0.05) is 23.0 Å². The Morgan fingerprint density at radius 3 is 1.46 bits per heavy atom. The van der Waals surface area contributed by atoms with Gasteiger partial charge in [-0.3, -0.25) is 0 Å². The van der Waals surface area contributed by atoms with Crippen LogP contribution in [0.5, 0.6) is 0 Å². The molecule has 0 aromatic rings. The first kappa shape index (κ1) is 13.2. The zero-order valence-electron chi connectivity index (χ0n) is 7.62. The molecule has 0 aromatic carbocycles. The molecular formula is C10H14S3. The van der Waals surface area contributed by atoms with Gasteiger partial charge in [0.25, 0.3) is 0 Å². The lowest BCUT2D eigenvalue weighted by Crippen LogP contribution is -1.90. The number of terminal acetylenes is 2. The molecule has 0 saturated carbocycles. The van der Waals surface area contributed by atoms with Crippen LogP contribution >= 0.6 is 35.3 Å². The lowest BCUT2D eigenvalue weighted by Gasteiger charge is -1.98. The maximum absolute atomic E-state index is 5.12. The normalized spacial score (nSPS) is 9.08. The van der Waals surface area contributed by atoms with E-state index in [4.69, 9.17) is 12.8 Å². The Labute approximate surface area is 94.4 Å². The van der Waals surface area contributed by atoms with Crippen LogP contribution in [0.4, 0.5) is 0 Å². The summed E-state index contributed by atoms with van der Waals surface area (Å²) in [4.78, 5) is 0. The third-order valence-corrected chi connectivity index (χ3v) is 4.34. The Bertz CT molecular complexity index is 156. The molecule has 0 unspecified atom stereocenters. The maximum atomic E-state index is 5.12. The third kappa shape index (κ3) is 12.2. The van der Waals surface area contributed by atoms with Gasteiger partial charge in [0.2, 0.25) is 0 Å². The van der Waals surface area contributed by atoms with Crippen molar-refractivity contribution in [1.82, 2.24) is 0 Å². The number of rotatable bonds is 8. The molecule has 0 saturated heterocycles. The summed E-state index contributed by atoms with van der Waals surface area (Å²) in [6.07, 6.45) is 10.2. The molecule has 0 rings (SSSR count). The molecule has 0 amide bonds. The van der Waals surface area contributed by atoms with E-state index in [1.165, 1.54) is 11.5 Å². The van der Waals surface area contributed by atoms with Crippen LogP contribution in [0.2, 0.25) is 0 Å². The van der Waals surface area contributed by atoms with Gasteiger partial charge >= 0.3 is 0 Å². The smallest absolute Gasteiger partial charge is 0.0545 e. The molecule has 0 atom stereocenters. The molecule has 72 valence electrons. The van der Waals surface area contributed by atoms with Gasteiger partial charge in [0.05, 0.1) is 11.5 Å². The van der Waals surface area contributed by atoms with E-state index >= 15 is 0 Å². The van der Waals surface area contributed by atoms with Crippen LogP contribution in [0.25, 0.3) is 0 Å². The summed E-state index contributed by atoms with van der Waals surface area (Å²) in [6.45, 7) is 0. The molecule has 0 nitrogen and oxygen atoms in total. The number of hydrogen-bond acceptors (Lipinski definition) is 3. The lowest BCUT2D eigenvalue weighted by molar-refractivity contribution is 1.49. The maximum Gasteiger partial charge on any atom is 0.0545 e. The average Bonchev–Trinajstić information content (AvgIpc) is 2.16. The summed E-state index contributed by atoms with van der Waals surface area (Å²) in [6, 6.07) is 0. The second kappa shape index (κ2) is 12.2. The van der Waals surface area contributed by atoms with Crippen molar-refractivity contribution in [3.63, 3.8) is 0 Å². The van der Waals surface area contributed by atoms with E-state index in [2.05, 4.69) is 11.8 Å². The minimum atomic E-state index is 0.840. The van der Waals surface area contributed by atoms with Gasteiger partial charge in [-0.2, -0.15) is 11.8 Å². The van der Waals surface area contributed by atoms with Gasteiger partial charge in [-0.1, -0.05) is 11.8 Å². The van der Waals surface area contributed by atoms with Gasteiger partial charge in [-0.25, -0.2) is 0 Å². The Kier molecular flexibility index (Phi) is 12.3. The Hall–Kier alpha value is 0.170. The quantitative estimate of drug-likeness (QED) is 0.464. The molecule has 0 heterocycles. The van der Waals surface area contributed by atoms with E-state index in [-0.39, 0.29) is 0 Å². The van der Waals surface area contributed by atoms with Crippen molar-refractivity contribution in [2.45, 2.75) is 0 Å². The number of thioether (sulfide) groups is 3. The Balaban J connectivity index is 2.85. The topological polar surface area (TPSA) is 0 Å². The summed E-state index contributed by atoms with van der Waals surface area (Å²) >= 11 is 5.63. The van der Waals surface area contributed by atoms with E-state index in [1.54, 1.807) is 0 Å². The largest absolute Gasteiger partial charge is 0.160 e. The van der Waals surface area contributed by atoms with Crippen molar-refractivity contribution in [2.75, 3.05) is 34.5 Å². The first-order valence-electron chi connectivity index (χ1n) is 4.02. The van der Waals surface area contributed by atoms with Crippen molar-refractivity contribution in [2.24, 2.45) is 0 Å². The highest BCUT2D eigenvalue weighted by molar-refractivity contribution is 8.04. The summed E-state index contributed by atoms with van der Waals surface area (Å²) in [5.74, 6) is 11.6. The SMILES string of the molecule is C#CCSCCSCCSCC#C. The van der Waals surface area contributed by atoms with Crippen LogP contribution in [0.3, 0.4) is 0 Å². The van der Waals surface area contributed by atoms with Crippen LogP contribution in [-0.4, -0.2) is 34.5 Å². The van der Waals surface area contributed by atoms with Gasteiger partial charge in [-0.05, 0) is 0 Å². The van der Waals surface area contributed by atoms with E-state index in [1.807, 2.05) is 35.3 Å². The first-order valence-corrected chi connectivity index (χ1v) is 7.48. The van der Waals surface area contributed by atoms with Gasteiger partial charge in [-0.15, -0.1) is 36.4 Å². The molecule has 3 heteroatoms. The monoisotopic (exact) mass is 230 g/mol. The average molecular weight is 230 g/mol. The summed E-state index contributed by atoms with van der Waals surface area (Å²) in [7, 11) is 0. The van der Waals surface area contributed by atoms with Crippen molar-refractivity contribution in [3.8, 4) is 24.7 Å². The molecule has 0 bridgehead atoms. The third-order valence-electron chi connectivity index (χ3n) is 1.11. The molecule has 0 radical (unpaired) electrons. The van der Waals surface area contributed by atoms with E-state index in [9.17, 15) is 0 Å². The van der Waals surface area contributed by atoms with Crippen LogP contribution in [0, 0.1) is 24.7 Å².